The molecule has 1 aromatic rings. The van der Waals surface area contributed by atoms with E-state index in [9.17, 15) is 9.90 Å². The van der Waals surface area contributed by atoms with E-state index in [1.54, 1.807) is 0 Å². The van der Waals surface area contributed by atoms with Crippen LogP contribution in [0.1, 0.15) is 63.5 Å². The number of hydrogen-bond donors (Lipinski definition) is 1. The SMILES string of the molecule is CC(C)CC(=O)N1CCC[C@@H](c2nnc(CN3CCC(O)CC3)n2C)C1. The first-order valence-corrected chi connectivity index (χ1v) is 10.0. The fraction of sp³-hybridized carbons (Fsp3) is 0.842. The highest BCUT2D eigenvalue weighted by molar-refractivity contribution is 5.76. The minimum atomic E-state index is -0.155. The molecule has 7 nitrogen and oxygen atoms in total. The molecule has 146 valence electrons. The molecule has 0 radical (unpaired) electrons. The Morgan fingerprint density at radius 1 is 1.19 bits per heavy atom. The highest BCUT2D eigenvalue weighted by Crippen LogP contribution is 2.27. The summed E-state index contributed by atoms with van der Waals surface area (Å²) >= 11 is 0. The fourth-order valence-corrected chi connectivity index (χ4v) is 4.04. The number of hydrogen-bond acceptors (Lipinski definition) is 5. The van der Waals surface area contributed by atoms with E-state index in [-0.39, 0.29) is 17.9 Å². The third-order valence-electron chi connectivity index (χ3n) is 5.64. The molecule has 1 atom stereocenters. The Balaban J connectivity index is 1.62. The van der Waals surface area contributed by atoms with E-state index in [0.29, 0.717) is 12.3 Å². The van der Waals surface area contributed by atoms with E-state index in [2.05, 4.69) is 33.5 Å². The maximum Gasteiger partial charge on any atom is 0.222 e. The standard InChI is InChI=1S/C19H33N5O2/c1-14(2)11-18(26)24-8-4-5-15(12-24)19-21-20-17(22(19)3)13-23-9-6-16(25)7-10-23/h14-16,25H,4-13H2,1-3H3/t15-/m1/s1. The number of aromatic nitrogens is 3. The van der Waals surface area contributed by atoms with E-state index in [0.717, 1.165) is 70.1 Å². The minimum absolute atomic E-state index is 0.155. The number of amides is 1. The van der Waals surface area contributed by atoms with Gasteiger partial charge in [0.1, 0.15) is 11.6 Å². The van der Waals surface area contributed by atoms with Crippen LogP contribution in [0.2, 0.25) is 0 Å². The Kier molecular flexibility index (Phi) is 6.29. The third kappa shape index (κ3) is 4.62. The average molecular weight is 364 g/mol. The smallest absolute Gasteiger partial charge is 0.222 e. The van der Waals surface area contributed by atoms with Crippen LogP contribution >= 0.6 is 0 Å². The summed E-state index contributed by atoms with van der Waals surface area (Å²) in [5.74, 6) is 2.90. The van der Waals surface area contributed by atoms with Crippen molar-refractivity contribution in [2.75, 3.05) is 26.2 Å². The Bertz CT molecular complexity index is 607. The molecule has 2 aliphatic heterocycles. The lowest BCUT2D eigenvalue weighted by Gasteiger charge is -2.33. The number of aliphatic hydroxyl groups excluding tert-OH is 1. The molecule has 2 saturated heterocycles. The van der Waals surface area contributed by atoms with Gasteiger partial charge < -0.3 is 14.6 Å². The summed E-state index contributed by atoms with van der Waals surface area (Å²) in [6.45, 7) is 8.39. The van der Waals surface area contributed by atoms with Crippen LogP contribution < -0.4 is 0 Å². The molecule has 0 aromatic carbocycles. The molecule has 26 heavy (non-hydrogen) atoms. The molecule has 0 spiro atoms. The van der Waals surface area contributed by atoms with Crippen molar-refractivity contribution in [3.8, 4) is 0 Å². The highest BCUT2D eigenvalue weighted by atomic mass is 16.3. The summed E-state index contributed by atoms with van der Waals surface area (Å²) in [5.41, 5.74) is 0. The average Bonchev–Trinajstić information content (AvgIpc) is 2.97. The Labute approximate surface area is 156 Å². The monoisotopic (exact) mass is 363 g/mol. The van der Waals surface area contributed by atoms with Crippen molar-refractivity contribution in [2.45, 2.75) is 64.5 Å². The first-order valence-electron chi connectivity index (χ1n) is 10.0. The van der Waals surface area contributed by atoms with Gasteiger partial charge >= 0.3 is 0 Å². The number of likely N-dealkylation sites (tertiary alicyclic amines) is 2. The van der Waals surface area contributed by atoms with E-state index in [1.807, 2.05) is 11.9 Å². The second kappa shape index (κ2) is 8.48. The molecule has 1 amide bonds. The van der Waals surface area contributed by atoms with Crippen molar-refractivity contribution in [1.29, 1.82) is 0 Å². The van der Waals surface area contributed by atoms with Crippen LogP contribution in [0, 0.1) is 5.92 Å². The van der Waals surface area contributed by atoms with Crippen LogP contribution in [0.15, 0.2) is 0 Å². The van der Waals surface area contributed by atoms with Crippen molar-refractivity contribution in [2.24, 2.45) is 13.0 Å². The second-order valence-corrected chi connectivity index (χ2v) is 8.32. The quantitative estimate of drug-likeness (QED) is 0.859. The van der Waals surface area contributed by atoms with Crippen molar-refractivity contribution >= 4 is 5.91 Å². The van der Waals surface area contributed by atoms with Crippen molar-refractivity contribution < 1.29 is 9.90 Å². The predicted octanol–water partition coefficient (Wildman–Crippen LogP) is 1.52. The van der Waals surface area contributed by atoms with Crippen molar-refractivity contribution in [1.82, 2.24) is 24.6 Å². The molecule has 2 aliphatic rings. The fourth-order valence-electron chi connectivity index (χ4n) is 4.04. The van der Waals surface area contributed by atoms with Gasteiger partial charge in [0, 0.05) is 45.6 Å². The lowest BCUT2D eigenvalue weighted by atomic mass is 9.96. The van der Waals surface area contributed by atoms with Crippen LogP contribution in [0.25, 0.3) is 0 Å². The van der Waals surface area contributed by atoms with Gasteiger partial charge in [0.15, 0.2) is 0 Å². The van der Waals surface area contributed by atoms with Gasteiger partial charge in [0.05, 0.1) is 12.6 Å². The van der Waals surface area contributed by atoms with Crippen LogP contribution in [0.4, 0.5) is 0 Å². The van der Waals surface area contributed by atoms with Gasteiger partial charge in [-0.05, 0) is 31.6 Å². The van der Waals surface area contributed by atoms with Crippen molar-refractivity contribution in [3.05, 3.63) is 11.6 Å². The Morgan fingerprint density at radius 2 is 1.92 bits per heavy atom. The molecule has 1 N–H and O–H groups in total. The van der Waals surface area contributed by atoms with Gasteiger partial charge in [-0.2, -0.15) is 0 Å². The van der Waals surface area contributed by atoms with Crippen LogP contribution in [-0.2, 0) is 18.4 Å². The molecule has 1 aromatic heterocycles. The van der Waals surface area contributed by atoms with Crippen LogP contribution in [0.3, 0.4) is 0 Å². The maximum atomic E-state index is 12.4. The zero-order valence-corrected chi connectivity index (χ0v) is 16.4. The number of carbonyl (C=O) groups is 1. The highest BCUT2D eigenvalue weighted by Gasteiger charge is 2.29. The van der Waals surface area contributed by atoms with Gasteiger partial charge in [-0.1, -0.05) is 13.8 Å². The topological polar surface area (TPSA) is 74.5 Å². The van der Waals surface area contributed by atoms with E-state index >= 15 is 0 Å². The number of piperidine rings is 2. The summed E-state index contributed by atoms with van der Waals surface area (Å²) in [6, 6.07) is 0. The van der Waals surface area contributed by atoms with Crippen LogP contribution in [-0.4, -0.2) is 67.9 Å². The summed E-state index contributed by atoms with van der Waals surface area (Å²) in [6.07, 6.45) is 4.23. The summed E-state index contributed by atoms with van der Waals surface area (Å²) < 4.78 is 2.12. The summed E-state index contributed by atoms with van der Waals surface area (Å²) in [4.78, 5) is 16.8. The molecule has 7 heteroatoms. The molecule has 0 bridgehead atoms. The second-order valence-electron chi connectivity index (χ2n) is 8.32. The largest absolute Gasteiger partial charge is 0.393 e. The van der Waals surface area contributed by atoms with Gasteiger partial charge in [-0.3, -0.25) is 9.69 Å². The van der Waals surface area contributed by atoms with E-state index in [4.69, 9.17) is 0 Å². The third-order valence-corrected chi connectivity index (χ3v) is 5.64. The minimum Gasteiger partial charge on any atom is -0.393 e. The molecule has 0 aliphatic carbocycles. The summed E-state index contributed by atoms with van der Waals surface area (Å²) in [5, 5.41) is 18.6. The maximum absolute atomic E-state index is 12.4. The molecule has 0 unspecified atom stereocenters. The zero-order chi connectivity index (χ0) is 18.7. The Morgan fingerprint density at radius 3 is 2.62 bits per heavy atom. The first kappa shape index (κ1) is 19.3. The first-order chi connectivity index (χ1) is 12.4. The van der Waals surface area contributed by atoms with Gasteiger partial charge in [-0.25, -0.2) is 0 Å². The van der Waals surface area contributed by atoms with Crippen molar-refractivity contribution in [3.63, 3.8) is 0 Å². The van der Waals surface area contributed by atoms with E-state index in [1.165, 1.54) is 0 Å². The molecule has 3 heterocycles. The number of rotatable bonds is 5. The van der Waals surface area contributed by atoms with Gasteiger partial charge in [0.25, 0.3) is 0 Å². The zero-order valence-electron chi connectivity index (χ0n) is 16.4. The normalized spacial score (nSPS) is 23.0. The number of carbonyl (C=O) groups excluding carboxylic acids is 1. The van der Waals surface area contributed by atoms with Crippen LogP contribution in [0.5, 0.6) is 0 Å². The molecular weight excluding hydrogens is 330 g/mol. The lowest BCUT2D eigenvalue weighted by Crippen LogP contribution is -2.40. The van der Waals surface area contributed by atoms with E-state index < -0.39 is 0 Å². The lowest BCUT2D eigenvalue weighted by molar-refractivity contribution is -0.133. The Hall–Kier alpha value is -1.47. The molecule has 2 fully saturated rings. The van der Waals surface area contributed by atoms with Gasteiger partial charge in [-0.15, -0.1) is 10.2 Å². The predicted molar refractivity (Wildman–Crippen MR) is 99.5 cm³/mol. The number of nitrogens with zero attached hydrogens (tertiary/aromatic N) is 5. The molecular formula is C19H33N5O2. The molecule has 0 saturated carbocycles. The number of aliphatic hydroxyl groups is 1. The van der Waals surface area contributed by atoms with Gasteiger partial charge in [0.2, 0.25) is 5.91 Å². The summed E-state index contributed by atoms with van der Waals surface area (Å²) in [7, 11) is 2.04. The molecule has 3 rings (SSSR count).